The van der Waals surface area contributed by atoms with E-state index in [0.717, 1.165) is 22.8 Å². The number of phenols is 1. The zero-order valence-electron chi connectivity index (χ0n) is 12.2. The molecule has 0 saturated heterocycles. The first-order valence-electron chi connectivity index (χ1n) is 6.06. The van der Waals surface area contributed by atoms with Crippen LogP contribution in [0.4, 0.5) is 17.6 Å². The minimum atomic E-state index is -1.82. The average Bonchev–Trinajstić information content (AvgIpc) is 2.48. The SMILES string of the molecule is Cc1nc(C)c(C)nc1C.Oc1c(F)c(F)c(Br)c(F)c1F. The van der Waals surface area contributed by atoms with Crippen LogP contribution in [0.5, 0.6) is 5.75 Å². The molecular formula is C14H13BrF4N2O. The summed E-state index contributed by atoms with van der Waals surface area (Å²) >= 11 is 2.27. The Hall–Kier alpha value is -1.70. The first-order valence-corrected chi connectivity index (χ1v) is 6.86. The van der Waals surface area contributed by atoms with Crippen molar-refractivity contribution in [3.63, 3.8) is 0 Å². The third kappa shape index (κ3) is 3.73. The van der Waals surface area contributed by atoms with E-state index in [0.29, 0.717) is 0 Å². The third-order valence-electron chi connectivity index (χ3n) is 2.90. The fourth-order valence-corrected chi connectivity index (χ4v) is 1.77. The van der Waals surface area contributed by atoms with Crippen molar-refractivity contribution in [2.45, 2.75) is 27.7 Å². The fraction of sp³-hybridized carbons (Fsp3) is 0.286. The van der Waals surface area contributed by atoms with Crippen LogP contribution >= 0.6 is 15.9 Å². The molecule has 0 unspecified atom stereocenters. The Morgan fingerprint density at radius 1 is 0.682 bits per heavy atom. The van der Waals surface area contributed by atoms with Crippen molar-refractivity contribution in [3.05, 3.63) is 50.5 Å². The van der Waals surface area contributed by atoms with Gasteiger partial charge in [-0.2, -0.15) is 8.78 Å². The van der Waals surface area contributed by atoms with Crippen molar-refractivity contribution in [2.75, 3.05) is 0 Å². The molecule has 0 amide bonds. The number of aromatic hydroxyl groups is 1. The molecule has 0 atom stereocenters. The van der Waals surface area contributed by atoms with E-state index in [1.54, 1.807) is 0 Å². The van der Waals surface area contributed by atoms with Crippen LogP contribution in [0.2, 0.25) is 0 Å². The van der Waals surface area contributed by atoms with Gasteiger partial charge in [0.1, 0.15) is 0 Å². The molecular weight excluding hydrogens is 368 g/mol. The number of hydrogen-bond donors (Lipinski definition) is 1. The highest BCUT2D eigenvalue weighted by Crippen LogP contribution is 2.31. The maximum absolute atomic E-state index is 12.4. The second-order valence-corrected chi connectivity index (χ2v) is 5.28. The van der Waals surface area contributed by atoms with E-state index in [9.17, 15) is 17.6 Å². The van der Waals surface area contributed by atoms with Gasteiger partial charge in [0, 0.05) is 0 Å². The lowest BCUT2D eigenvalue weighted by Crippen LogP contribution is -1.97. The highest BCUT2D eigenvalue weighted by Gasteiger charge is 2.23. The zero-order valence-corrected chi connectivity index (χ0v) is 13.8. The Morgan fingerprint density at radius 3 is 1.23 bits per heavy atom. The molecule has 3 nitrogen and oxygen atoms in total. The summed E-state index contributed by atoms with van der Waals surface area (Å²) in [6, 6.07) is 0. The van der Waals surface area contributed by atoms with Crippen molar-refractivity contribution < 1.29 is 22.7 Å². The Bertz CT molecular complexity index is 567. The summed E-state index contributed by atoms with van der Waals surface area (Å²) < 4.78 is 48.7. The van der Waals surface area contributed by atoms with Crippen molar-refractivity contribution in [1.29, 1.82) is 0 Å². The monoisotopic (exact) mass is 380 g/mol. The van der Waals surface area contributed by atoms with Gasteiger partial charge in [0.05, 0.1) is 27.2 Å². The first-order chi connectivity index (χ1) is 10.1. The normalized spacial score (nSPS) is 10.2. The molecule has 0 spiro atoms. The maximum Gasteiger partial charge on any atom is 0.204 e. The van der Waals surface area contributed by atoms with Gasteiger partial charge in [-0.15, -0.1) is 0 Å². The van der Waals surface area contributed by atoms with Crippen LogP contribution in [-0.2, 0) is 0 Å². The molecule has 0 aliphatic heterocycles. The number of halogens is 5. The predicted molar refractivity (Wildman–Crippen MR) is 76.6 cm³/mol. The molecule has 0 saturated carbocycles. The van der Waals surface area contributed by atoms with Crippen molar-refractivity contribution >= 4 is 15.9 Å². The highest BCUT2D eigenvalue weighted by molar-refractivity contribution is 9.10. The van der Waals surface area contributed by atoms with Gasteiger partial charge in [0.15, 0.2) is 17.4 Å². The maximum atomic E-state index is 12.4. The molecule has 0 aliphatic rings. The molecule has 1 N–H and O–H groups in total. The van der Waals surface area contributed by atoms with Gasteiger partial charge in [-0.25, -0.2) is 8.78 Å². The van der Waals surface area contributed by atoms with Crippen LogP contribution in [0.3, 0.4) is 0 Å². The summed E-state index contributed by atoms with van der Waals surface area (Å²) in [5, 5.41) is 8.44. The Labute approximate surface area is 133 Å². The zero-order chi connectivity index (χ0) is 17.2. The minimum Gasteiger partial charge on any atom is -0.503 e. The molecule has 1 aromatic carbocycles. The number of rotatable bonds is 0. The standard InChI is InChI=1S/C8H12N2.C6HBrF4O/c1-5-6(2)10-8(4)7(3)9-5;7-1-2(8)4(10)6(12)5(11)3(1)9/h1-4H3;12H. The van der Waals surface area contributed by atoms with E-state index in [4.69, 9.17) is 5.11 Å². The first kappa shape index (κ1) is 18.3. The molecule has 2 rings (SSSR count). The minimum absolute atomic E-state index is 0.977. The lowest BCUT2D eigenvalue weighted by atomic mass is 10.3. The van der Waals surface area contributed by atoms with Gasteiger partial charge in [-0.1, -0.05) is 0 Å². The van der Waals surface area contributed by atoms with Gasteiger partial charge >= 0.3 is 0 Å². The van der Waals surface area contributed by atoms with Gasteiger partial charge in [0.25, 0.3) is 0 Å². The molecule has 120 valence electrons. The molecule has 1 heterocycles. The van der Waals surface area contributed by atoms with Gasteiger partial charge in [-0.05, 0) is 43.6 Å². The van der Waals surface area contributed by atoms with Crippen LogP contribution < -0.4 is 0 Å². The summed E-state index contributed by atoms with van der Waals surface area (Å²) in [4.78, 5) is 8.62. The van der Waals surface area contributed by atoms with Crippen LogP contribution in [0.1, 0.15) is 22.8 Å². The lowest BCUT2D eigenvalue weighted by molar-refractivity contribution is 0.353. The van der Waals surface area contributed by atoms with E-state index < -0.39 is 33.5 Å². The van der Waals surface area contributed by atoms with Gasteiger partial charge in [-0.3, -0.25) is 9.97 Å². The van der Waals surface area contributed by atoms with Crippen LogP contribution in [-0.4, -0.2) is 15.1 Å². The topological polar surface area (TPSA) is 46.0 Å². The van der Waals surface area contributed by atoms with E-state index in [1.807, 2.05) is 27.7 Å². The van der Waals surface area contributed by atoms with Crippen molar-refractivity contribution in [3.8, 4) is 5.75 Å². The number of hydrogen-bond acceptors (Lipinski definition) is 3. The summed E-state index contributed by atoms with van der Waals surface area (Å²) in [6.45, 7) is 7.92. The van der Waals surface area contributed by atoms with Gasteiger partial charge < -0.3 is 5.11 Å². The van der Waals surface area contributed by atoms with E-state index in [-0.39, 0.29) is 0 Å². The van der Waals surface area contributed by atoms with Crippen LogP contribution in [0.15, 0.2) is 4.47 Å². The lowest BCUT2D eigenvalue weighted by Gasteiger charge is -2.02. The molecule has 0 radical (unpaired) electrons. The number of phenolic OH excluding ortho intramolecular Hbond substituents is 1. The summed E-state index contributed by atoms with van der Waals surface area (Å²) in [7, 11) is 0. The molecule has 8 heteroatoms. The number of nitrogens with zero attached hydrogens (tertiary/aromatic N) is 2. The number of aryl methyl sites for hydroxylation is 4. The molecule has 0 fully saturated rings. The average molecular weight is 381 g/mol. The predicted octanol–water partition coefficient (Wildman–Crippen LogP) is 4.42. The van der Waals surface area contributed by atoms with Gasteiger partial charge in [0.2, 0.25) is 11.6 Å². The number of benzene rings is 1. The smallest absolute Gasteiger partial charge is 0.204 e. The van der Waals surface area contributed by atoms with Crippen LogP contribution in [0, 0.1) is 51.0 Å². The third-order valence-corrected chi connectivity index (χ3v) is 3.60. The number of aromatic nitrogens is 2. The second kappa shape index (κ2) is 7.04. The summed E-state index contributed by atoms with van der Waals surface area (Å²) in [5.74, 6) is -8.62. The molecule has 2 aromatic rings. The molecule has 1 aromatic heterocycles. The largest absolute Gasteiger partial charge is 0.503 e. The Balaban J connectivity index is 0.000000224. The highest BCUT2D eigenvalue weighted by atomic mass is 79.9. The Kier molecular flexibility index (Phi) is 5.87. The summed E-state index contributed by atoms with van der Waals surface area (Å²) in [5.41, 5.74) is 4.12. The molecule has 0 aliphatic carbocycles. The summed E-state index contributed by atoms with van der Waals surface area (Å²) in [6.07, 6.45) is 0. The van der Waals surface area contributed by atoms with Crippen molar-refractivity contribution in [1.82, 2.24) is 9.97 Å². The van der Waals surface area contributed by atoms with Crippen LogP contribution in [0.25, 0.3) is 0 Å². The Morgan fingerprint density at radius 2 is 0.955 bits per heavy atom. The second-order valence-electron chi connectivity index (χ2n) is 4.48. The van der Waals surface area contributed by atoms with E-state index in [1.165, 1.54) is 0 Å². The molecule has 0 bridgehead atoms. The van der Waals surface area contributed by atoms with E-state index >= 15 is 0 Å². The fourth-order valence-electron chi connectivity index (χ4n) is 1.42. The van der Waals surface area contributed by atoms with E-state index in [2.05, 4.69) is 25.9 Å². The molecule has 22 heavy (non-hydrogen) atoms. The van der Waals surface area contributed by atoms with Crippen molar-refractivity contribution in [2.24, 2.45) is 0 Å². The quantitative estimate of drug-likeness (QED) is 0.418.